The Kier molecular flexibility index (Phi) is 7.90. The molecule has 1 N–H and O–H groups in total. The van der Waals surface area contributed by atoms with E-state index in [1.165, 1.54) is 34.6 Å². The highest BCUT2D eigenvalue weighted by atomic mass is 35.5. The third-order valence-electron chi connectivity index (χ3n) is 4.51. The fraction of sp³-hybridized carbons (Fsp3) is 0.350. The number of amides is 1. The minimum Gasteiger partial charge on any atom is -0.352 e. The van der Waals surface area contributed by atoms with Gasteiger partial charge in [0.25, 0.3) is 5.91 Å². The second-order valence-electron chi connectivity index (χ2n) is 6.43. The van der Waals surface area contributed by atoms with Gasteiger partial charge in [0.05, 0.1) is 21.0 Å². The molecule has 0 aromatic heterocycles. The second kappa shape index (κ2) is 9.80. The molecule has 0 radical (unpaired) electrons. The number of carbonyl (C=O) groups is 1. The summed E-state index contributed by atoms with van der Waals surface area (Å²) in [5.41, 5.74) is -0.113. The van der Waals surface area contributed by atoms with Gasteiger partial charge in [-0.1, -0.05) is 37.6 Å². The van der Waals surface area contributed by atoms with Crippen LogP contribution in [0.25, 0.3) is 0 Å². The summed E-state index contributed by atoms with van der Waals surface area (Å²) in [5, 5.41) is 2.71. The van der Waals surface area contributed by atoms with Gasteiger partial charge in [0.2, 0.25) is 10.0 Å². The van der Waals surface area contributed by atoms with Crippen LogP contribution in [0.5, 0.6) is 0 Å². The molecule has 2 aromatic rings. The molecule has 164 valence electrons. The minimum atomic E-state index is -4.40. The molecule has 0 aliphatic heterocycles. The molecule has 0 unspecified atom stereocenters. The van der Waals surface area contributed by atoms with Gasteiger partial charge in [-0.2, -0.15) is 17.5 Å². The lowest BCUT2D eigenvalue weighted by Crippen LogP contribution is -2.31. The Balaban J connectivity index is 2.08. The van der Waals surface area contributed by atoms with Crippen molar-refractivity contribution in [2.24, 2.45) is 0 Å². The van der Waals surface area contributed by atoms with E-state index >= 15 is 0 Å². The van der Waals surface area contributed by atoms with Crippen LogP contribution in [-0.2, 0) is 22.6 Å². The van der Waals surface area contributed by atoms with Gasteiger partial charge in [0, 0.05) is 19.6 Å². The molecule has 0 aliphatic carbocycles. The summed E-state index contributed by atoms with van der Waals surface area (Å²) in [7, 11) is -3.75. The van der Waals surface area contributed by atoms with Gasteiger partial charge in [-0.25, -0.2) is 8.42 Å². The van der Waals surface area contributed by atoms with Crippen molar-refractivity contribution >= 4 is 27.5 Å². The third-order valence-corrected chi connectivity index (χ3v) is 6.88. The molecular formula is C20H22ClF3N2O3S. The van der Waals surface area contributed by atoms with Gasteiger partial charge in [-0.15, -0.1) is 0 Å². The van der Waals surface area contributed by atoms with E-state index in [9.17, 15) is 26.4 Å². The Morgan fingerprint density at radius 3 is 2.20 bits per heavy atom. The standard InChI is InChI=1S/C20H22ClF3N2O3S/c1-3-26(4-2)30(28,29)16-9-10-18(21)17(13-16)19(27)25-12-11-14-5-7-15(8-6-14)20(22,23)24/h5-10,13H,3-4,11-12H2,1-2H3,(H,25,27). The zero-order chi connectivity index (χ0) is 22.5. The summed E-state index contributed by atoms with van der Waals surface area (Å²) >= 11 is 6.07. The van der Waals surface area contributed by atoms with Gasteiger partial charge in [-0.05, 0) is 42.3 Å². The van der Waals surface area contributed by atoms with E-state index in [4.69, 9.17) is 11.6 Å². The highest BCUT2D eigenvalue weighted by Crippen LogP contribution is 2.29. The minimum absolute atomic E-state index is 0.0114. The van der Waals surface area contributed by atoms with Crippen molar-refractivity contribution < 1.29 is 26.4 Å². The summed E-state index contributed by atoms with van der Waals surface area (Å²) in [6.45, 7) is 4.15. The molecule has 0 spiro atoms. The number of rotatable bonds is 8. The van der Waals surface area contributed by atoms with Crippen molar-refractivity contribution in [3.05, 3.63) is 64.2 Å². The van der Waals surface area contributed by atoms with Gasteiger partial charge in [-0.3, -0.25) is 4.79 Å². The van der Waals surface area contributed by atoms with Crippen molar-refractivity contribution in [3.63, 3.8) is 0 Å². The molecule has 0 atom stereocenters. The number of carbonyl (C=O) groups excluding carboxylic acids is 1. The van der Waals surface area contributed by atoms with Crippen LogP contribution >= 0.6 is 11.6 Å². The Bertz CT molecular complexity index is 989. The van der Waals surface area contributed by atoms with Crippen LogP contribution in [0.1, 0.15) is 35.3 Å². The van der Waals surface area contributed by atoms with Gasteiger partial charge in [0.15, 0.2) is 0 Å². The van der Waals surface area contributed by atoms with E-state index in [0.717, 1.165) is 12.1 Å². The lowest BCUT2D eigenvalue weighted by molar-refractivity contribution is -0.137. The summed E-state index contributed by atoms with van der Waals surface area (Å²) in [6.07, 6.45) is -4.10. The predicted molar refractivity (Wildman–Crippen MR) is 109 cm³/mol. The summed E-state index contributed by atoms with van der Waals surface area (Å²) in [4.78, 5) is 12.4. The topological polar surface area (TPSA) is 66.5 Å². The van der Waals surface area contributed by atoms with E-state index in [-0.39, 0.29) is 35.1 Å². The maximum Gasteiger partial charge on any atom is 0.416 e. The Morgan fingerprint density at radius 2 is 1.67 bits per heavy atom. The van der Waals surface area contributed by atoms with E-state index in [2.05, 4.69) is 5.32 Å². The predicted octanol–water partition coefficient (Wildman–Crippen LogP) is 4.36. The number of hydrogen-bond donors (Lipinski definition) is 1. The number of hydrogen-bond acceptors (Lipinski definition) is 3. The monoisotopic (exact) mass is 462 g/mol. The Morgan fingerprint density at radius 1 is 1.07 bits per heavy atom. The highest BCUT2D eigenvalue weighted by Gasteiger charge is 2.30. The first-order chi connectivity index (χ1) is 14.0. The van der Waals surface area contributed by atoms with Crippen LogP contribution in [0.4, 0.5) is 13.2 Å². The number of nitrogens with zero attached hydrogens (tertiary/aromatic N) is 1. The van der Waals surface area contributed by atoms with Crippen LogP contribution in [0.2, 0.25) is 5.02 Å². The van der Waals surface area contributed by atoms with Crippen molar-refractivity contribution in [1.82, 2.24) is 9.62 Å². The van der Waals surface area contributed by atoms with Crippen molar-refractivity contribution in [2.45, 2.75) is 31.3 Å². The fourth-order valence-electron chi connectivity index (χ4n) is 2.83. The fourth-order valence-corrected chi connectivity index (χ4v) is 4.52. The van der Waals surface area contributed by atoms with Crippen molar-refractivity contribution in [2.75, 3.05) is 19.6 Å². The molecule has 30 heavy (non-hydrogen) atoms. The zero-order valence-corrected chi connectivity index (χ0v) is 18.0. The number of benzene rings is 2. The molecule has 0 heterocycles. The summed E-state index contributed by atoms with van der Waals surface area (Å²) in [6, 6.07) is 8.57. The van der Waals surface area contributed by atoms with E-state index in [1.54, 1.807) is 13.8 Å². The molecule has 0 saturated carbocycles. The number of nitrogens with one attached hydrogen (secondary N) is 1. The summed E-state index contributed by atoms with van der Waals surface area (Å²) < 4.78 is 64.4. The van der Waals surface area contributed by atoms with Gasteiger partial charge >= 0.3 is 6.18 Å². The van der Waals surface area contributed by atoms with Crippen LogP contribution in [0.15, 0.2) is 47.4 Å². The molecule has 1 amide bonds. The van der Waals surface area contributed by atoms with Crippen molar-refractivity contribution in [3.8, 4) is 0 Å². The average Bonchev–Trinajstić information content (AvgIpc) is 2.68. The lowest BCUT2D eigenvalue weighted by atomic mass is 10.1. The van der Waals surface area contributed by atoms with E-state index < -0.39 is 27.7 Å². The first-order valence-electron chi connectivity index (χ1n) is 9.24. The molecule has 5 nitrogen and oxygen atoms in total. The number of halogens is 4. The first kappa shape index (κ1) is 24.2. The molecule has 0 aliphatic rings. The summed E-state index contributed by atoms with van der Waals surface area (Å²) in [5.74, 6) is -0.566. The molecule has 0 saturated heterocycles. The second-order valence-corrected chi connectivity index (χ2v) is 8.78. The average molecular weight is 463 g/mol. The largest absolute Gasteiger partial charge is 0.416 e. The molecule has 0 bridgehead atoms. The molecule has 10 heteroatoms. The highest BCUT2D eigenvalue weighted by molar-refractivity contribution is 7.89. The lowest BCUT2D eigenvalue weighted by Gasteiger charge is -2.19. The zero-order valence-electron chi connectivity index (χ0n) is 16.5. The van der Waals surface area contributed by atoms with Crippen LogP contribution < -0.4 is 5.32 Å². The maximum absolute atomic E-state index is 12.6. The normalized spacial score (nSPS) is 12.2. The SMILES string of the molecule is CCN(CC)S(=O)(=O)c1ccc(Cl)c(C(=O)NCCc2ccc(C(F)(F)F)cc2)c1. The Labute approximate surface area is 178 Å². The molecule has 2 aromatic carbocycles. The van der Waals surface area contributed by atoms with Gasteiger partial charge < -0.3 is 5.32 Å². The number of sulfonamides is 1. The smallest absolute Gasteiger partial charge is 0.352 e. The maximum atomic E-state index is 12.6. The van der Waals surface area contributed by atoms with Crippen LogP contribution in [0.3, 0.4) is 0 Å². The molecule has 2 rings (SSSR count). The van der Waals surface area contributed by atoms with Gasteiger partial charge in [0.1, 0.15) is 0 Å². The first-order valence-corrected chi connectivity index (χ1v) is 11.1. The van der Waals surface area contributed by atoms with Crippen LogP contribution in [-0.4, -0.2) is 38.3 Å². The number of alkyl halides is 3. The third kappa shape index (κ3) is 5.74. The quantitative estimate of drug-likeness (QED) is 0.633. The van der Waals surface area contributed by atoms with Crippen LogP contribution in [0, 0.1) is 0 Å². The van der Waals surface area contributed by atoms with E-state index in [0.29, 0.717) is 12.0 Å². The molecular weight excluding hydrogens is 441 g/mol. The van der Waals surface area contributed by atoms with Crippen molar-refractivity contribution in [1.29, 1.82) is 0 Å². The van der Waals surface area contributed by atoms with E-state index in [1.807, 2.05) is 0 Å². The Hall–Kier alpha value is -2.10. The molecule has 0 fully saturated rings.